The van der Waals surface area contributed by atoms with Crippen molar-refractivity contribution in [2.24, 2.45) is 5.92 Å². The van der Waals surface area contributed by atoms with Gasteiger partial charge in [-0.05, 0) is 31.6 Å². The highest BCUT2D eigenvalue weighted by atomic mass is 32.2. The number of carbonyl (C=O) groups is 1. The Balaban J connectivity index is 1.92. The largest absolute Gasteiger partial charge is 0.338 e. The molecule has 1 unspecified atom stereocenters. The SMILES string of the molecule is CS(=O)(=O)NCC(=O)N1CCCC1C1CCCC1. The first-order valence-electron chi connectivity index (χ1n) is 6.71. The molecule has 2 rings (SSSR count). The normalized spacial score (nSPS) is 25.8. The Hall–Kier alpha value is -0.620. The molecule has 0 bridgehead atoms. The number of sulfonamides is 1. The van der Waals surface area contributed by atoms with E-state index in [-0.39, 0.29) is 12.5 Å². The van der Waals surface area contributed by atoms with Crippen LogP contribution < -0.4 is 4.72 Å². The van der Waals surface area contributed by atoms with Crippen LogP contribution in [0.25, 0.3) is 0 Å². The number of hydrogen-bond donors (Lipinski definition) is 1. The third kappa shape index (κ3) is 3.45. The van der Waals surface area contributed by atoms with E-state index in [9.17, 15) is 13.2 Å². The fourth-order valence-corrected chi connectivity index (χ4v) is 3.61. The topological polar surface area (TPSA) is 66.5 Å². The van der Waals surface area contributed by atoms with Crippen LogP contribution in [0, 0.1) is 5.92 Å². The van der Waals surface area contributed by atoms with Gasteiger partial charge in [0, 0.05) is 12.6 Å². The molecule has 0 radical (unpaired) electrons. The number of hydrogen-bond acceptors (Lipinski definition) is 3. The summed E-state index contributed by atoms with van der Waals surface area (Å²) in [6.45, 7) is 0.688. The zero-order valence-electron chi connectivity index (χ0n) is 10.9. The molecule has 2 aliphatic rings. The van der Waals surface area contributed by atoms with Gasteiger partial charge in [-0.15, -0.1) is 0 Å². The molecule has 0 aromatic carbocycles. The lowest BCUT2D eigenvalue weighted by atomic mass is 9.96. The number of amides is 1. The van der Waals surface area contributed by atoms with Crippen LogP contribution in [0.1, 0.15) is 38.5 Å². The lowest BCUT2D eigenvalue weighted by molar-refractivity contribution is -0.131. The molecule has 18 heavy (non-hydrogen) atoms. The number of nitrogens with one attached hydrogen (secondary N) is 1. The van der Waals surface area contributed by atoms with Gasteiger partial charge >= 0.3 is 0 Å². The second-order valence-corrected chi connectivity index (χ2v) is 7.27. The van der Waals surface area contributed by atoms with Crippen LogP contribution in [0.4, 0.5) is 0 Å². The predicted molar refractivity (Wildman–Crippen MR) is 69.5 cm³/mol. The second kappa shape index (κ2) is 5.57. The minimum absolute atomic E-state index is 0.0742. The van der Waals surface area contributed by atoms with Gasteiger partial charge in [-0.1, -0.05) is 12.8 Å². The maximum atomic E-state index is 12.1. The highest BCUT2D eigenvalue weighted by Crippen LogP contribution is 2.35. The Morgan fingerprint density at radius 2 is 1.89 bits per heavy atom. The smallest absolute Gasteiger partial charge is 0.237 e. The third-order valence-electron chi connectivity index (χ3n) is 4.05. The van der Waals surface area contributed by atoms with E-state index in [2.05, 4.69) is 4.72 Å². The van der Waals surface area contributed by atoms with Crippen molar-refractivity contribution in [3.05, 3.63) is 0 Å². The number of nitrogens with zero attached hydrogens (tertiary/aromatic N) is 1. The summed E-state index contributed by atoms with van der Waals surface area (Å²) in [4.78, 5) is 14.0. The van der Waals surface area contributed by atoms with Crippen LogP contribution in [-0.2, 0) is 14.8 Å². The van der Waals surface area contributed by atoms with E-state index in [1.807, 2.05) is 4.90 Å². The lowest BCUT2D eigenvalue weighted by Crippen LogP contribution is -2.44. The second-order valence-electron chi connectivity index (χ2n) is 5.43. The van der Waals surface area contributed by atoms with Crippen LogP contribution in [0.2, 0.25) is 0 Å². The van der Waals surface area contributed by atoms with Crippen molar-refractivity contribution in [2.75, 3.05) is 19.3 Å². The fraction of sp³-hybridized carbons (Fsp3) is 0.917. The number of rotatable bonds is 4. The Morgan fingerprint density at radius 1 is 1.22 bits per heavy atom. The molecule has 104 valence electrons. The van der Waals surface area contributed by atoms with Crippen LogP contribution in [0.5, 0.6) is 0 Å². The van der Waals surface area contributed by atoms with Crippen LogP contribution in [0.3, 0.4) is 0 Å². The third-order valence-corrected chi connectivity index (χ3v) is 4.72. The molecule has 1 saturated carbocycles. The molecular formula is C12H22N2O3S. The van der Waals surface area contributed by atoms with Crippen LogP contribution >= 0.6 is 0 Å². The van der Waals surface area contributed by atoms with Crippen molar-refractivity contribution in [1.82, 2.24) is 9.62 Å². The lowest BCUT2D eigenvalue weighted by Gasteiger charge is -2.29. The molecule has 6 heteroatoms. The Kier molecular flexibility index (Phi) is 4.27. The predicted octanol–water partition coefficient (Wildman–Crippen LogP) is 0.717. The Bertz CT molecular complexity index is 402. The van der Waals surface area contributed by atoms with E-state index in [1.54, 1.807) is 0 Å². The average molecular weight is 274 g/mol. The van der Waals surface area contributed by atoms with Gasteiger partial charge in [0.05, 0.1) is 12.8 Å². The van der Waals surface area contributed by atoms with Crippen molar-refractivity contribution < 1.29 is 13.2 Å². The van der Waals surface area contributed by atoms with Crippen molar-refractivity contribution >= 4 is 15.9 Å². The summed E-state index contributed by atoms with van der Waals surface area (Å²) < 4.78 is 24.3. The first kappa shape index (κ1) is 13.8. The van der Waals surface area contributed by atoms with Crippen molar-refractivity contribution in [3.8, 4) is 0 Å². The fourth-order valence-electron chi connectivity index (χ4n) is 3.23. The standard InChI is InChI=1S/C12H22N2O3S/c1-18(16,17)13-9-12(15)14-8-4-7-11(14)10-5-2-3-6-10/h10-11,13H,2-9H2,1H3. The van der Waals surface area contributed by atoms with Crippen LogP contribution in [0.15, 0.2) is 0 Å². The van der Waals surface area contributed by atoms with Gasteiger partial charge < -0.3 is 4.90 Å². The monoisotopic (exact) mass is 274 g/mol. The van der Waals surface area contributed by atoms with Gasteiger partial charge in [-0.25, -0.2) is 13.1 Å². The molecule has 0 aromatic rings. The molecule has 1 amide bonds. The molecule has 1 aliphatic carbocycles. The maximum absolute atomic E-state index is 12.1. The summed E-state index contributed by atoms with van der Waals surface area (Å²) in [6.07, 6.45) is 8.18. The average Bonchev–Trinajstić information content (AvgIpc) is 2.94. The summed E-state index contributed by atoms with van der Waals surface area (Å²) in [6, 6.07) is 0.348. The highest BCUT2D eigenvalue weighted by Gasteiger charge is 2.35. The quantitative estimate of drug-likeness (QED) is 0.821. The zero-order chi connectivity index (χ0) is 13.2. The number of likely N-dealkylation sites (tertiary alicyclic amines) is 1. The number of carbonyl (C=O) groups excluding carboxylic acids is 1. The first-order chi connectivity index (χ1) is 8.47. The summed E-state index contributed by atoms with van der Waals surface area (Å²) in [5.41, 5.74) is 0. The maximum Gasteiger partial charge on any atom is 0.237 e. The van der Waals surface area contributed by atoms with E-state index in [0.717, 1.165) is 25.6 Å². The Morgan fingerprint density at radius 3 is 2.50 bits per heavy atom. The van der Waals surface area contributed by atoms with E-state index in [1.165, 1.54) is 25.7 Å². The molecule has 0 spiro atoms. The van der Waals surface area contributed by atoms with Gasteiger partial charge in [0.2, 0.25) is 15.9 Å². The first-order valence-corrected chi connectivity index (χ1v) is 8.60. The van der Waals surface area contributed by atoms with Gasteiger partial charge in [0.1, 0.15) is 0 Å². The molecule has 1 aliphatic heterocycles. The molecule has 1 heterocycles. The van der Waals surface area contributed by atoms with E-state index >= 15 is 0 Å². The Labute approximate surface area is 109 Å². The highest BCUT2D eigenvalue weighted by molar-refractivity contribution is 7.88. The summed E-state index contributed by atoms with van der Waals surface area (Å²) >= 11 is 0. The summed E-state index contributed by atoms with van der Waals surface area (Å²) in [5.74, 6) is 0.560. The minimum atomic E-state index is -3.28. The van der Waals surface area contributed by atoms with Gasteiger partial charge in [0.15, 0.2) is 0 Å². The van der Waals surface area contributed by atoms with Crippen LogP contribution in [-0.4, -0.2) is 44.6 Å². The molecule has 1 N–H and O–H groups in total. The van der Waals surface area contributed by atoms with E-state index in [4.69, 9.17) is 0 Å². The van der Waals surface area contributed by atoms with Gasteiger partial charge in [-0.3, -0.25) is 4.79 Å². The van der Waals surface area contributed by atoms with Crippen molar-refractivity contribution in [1.29, 1.82) is 0 Å². The molecular weight excluding hydrogens is 252 g/mol. The summed E-state index contributed by atoms with van der Waals surface area (Å²) in [5, 5.41) is 0. The van der Waals surface area contributed by atoms with Gasteiger partial charge in [0.25, 0.3) is 0 Å². The molecule has 1 atom stereocenters. The van der Waals surface area contributed by atoms with Crippen molar-refractivity contribution in [3.63, 3.8) is 0 Å². The molecule has 1 saturated heterocycles. The van der Waals surface area contributed by atoms with Crippen molar-refractivity contribution in [2.45, 2.75) is 44.6 Å². The van der Waals surface area contributed by atoms with Gasteiger partial charge in [-0.2, -0.15) is 0 Å². The summed E-state index contributed by atoms with van der Waals surface area (Å²) in [7, 11) is -3.28. The van der Waals surface area contributed by atoms with E-state index < -0.39 is 10.0 Å². The zero-order valence-corrected chi connectivity index (χ0v) is 11.7. The molecule has 5 nitrogen and oxygen atoms in total. The van der Waals surface area contributed by atoms with E-state index in [0.29, 0.717) is 12.0 Å². The molecule has 2 fully saturated rings. The molecule has 0 aromatic heterocycles. The minimum Gasteiger partial charge on any atom is -0.338 e.